The van der Waals surface area contributed by atoms with Crippen LogP contribution in [0.2, 0.25) is 0 Å². The Hall–Kier alpha value is -0.860. The molecule has 0 spiro atoms. The molecule has 1 aliphatic carbocycles. The SMILES string of the molecule is Cc1ccc(C)c(C(CN)N2CCCC3CCCC32)c1. The molecule has 2 fully saturated rings. The first-order valence-electron chi connectivity index (χ1n) is 8.23. The lowest BCUT2D eigenvalue weighted by molar-refractivity contribution is 0.0698. The Bertz CT molecular complexity index is 468. The molecule has 110 valence electrons. The van der Waals surface area contributed by atoms with Crippen LogP contribution in [0.15, 0.2) is 18.2 Å². The van der Waals surface area contributed by atoms with Crippen molar-refractivity contribution in [2.45, 2.75) is 58.0 Å². The molecule has 0 bridgehead atoms. The molecule has 3 atom stereocenters. The monoisotopic (exact) mass is 272 g/mol. The maximum atomic E-state index is 6.20. The van der Waals surface area contributed by atoms with Crippen molar-refractivity contribution >= 4 is 0 Å². The zero-order chi connectivity index (χ0) is 14.1. The van der Waals surface area contributed by atoms with Gasteiger partial charge in [0.2, 0.25) is 0 Å². The summed E-state index contributed by atoms with van der Waals surface area (Å²) < 4.78 is 0. The molecule has 3 rings (SSSR count). The topological polar surface area (TPSA) is 29.3 Å². The average Bonchev–Trinajstić information content (AvgIpc) is 2.92. The molecule has 1 saturated heterocycles. The Morgan fingerprint density at radius 2 is 2.00 bits per heavy atom. The Labute approximate surface area is 123 Å². The Kier molecular flexibility index (Phi) is 4.13. The van der Waals surface area contributed by atoms with Crippen molar-refractivity contribution in [1.29, 1.82) is 0 Å². The van der Waals surface area contributed by atoms with E-state index in [9.17, 15) is 0 Å². The first kappa shape index (κ1) is 14.1. The van der Waals surface area contributed by atoms with E-state index in [1.807, 2.05) is 0 Å². The summed E-state index contributed by atoms with van der Waals surface area (Å²) in [6, 6.07) is 8.02. The average molecular weight is 272 g/mol. The molecular formula is C18H28N2. The third-order valence-corrected chi connectivity index (χ3v) is 5.45. The molecule has 1 aromatic carbocycles. The number of hydrogen-bond acceptors (Lipinski definition) is 2. The zero-order valence-corrected chi connectivity index (χ0v) is 12.9. The second kappa shape index (κ2) is 5.87. The molecule has 2 N–H and O–H groups in total. The summed E-state index contributed by atoms with van der Waals surface area (Å²) >= 11 is 0. The summed E-state index contributed by atoms with van der Waals surface area (Å²) in [4.78, 5) is 2.74. The van der Waals surface area contributed by atoms with Crippen molar-refractivity contribution < 1.29 is 0 Å². The predicted octanol–water partition coefficient (Wildman–Crippen LogP) is 3.57. The second-order valence-electron chi connectivity index (χ2n) is 6.75. The van der Waals surface area contributed by atoms with Gasteiger partial charge < -0.3 is 5.73 Å². The molecule has 1 saturated carbocycles. The fourth-order valence-electron chi connectivity index (χ4n) is 4.44. The highest BCUT2D eigenvalue weighted by Crippen LogP contribution is 2.41. The molecule has 1 aromatic rings. The number of aryl methyl sites for hydroxylation is 2. The van der Waals surface area contributed by atoms with Gasteiger partial charge in [-0.1, -0.05) is 30.2 Å². The highest BCUT2D eigenvalue weighted by atomic mass is 15.2. The van der Waals surface area contributed by atoms with E-state index in [-0.39, 0.29) is 0 Å². The number of rotatable bonds is 3. The molecule has 2 nitrogen and oxygen atoms in total. The summed E-state index contributed by atoms with van der Waals surface area (Å²) in [6.45, 7) is 6.39. The summed E-state index contributed by atoms with van der Waals surface area (Å²) in [5.74, 6) is 0.933. The van der Waals surface area contributed by atoms with E-state index in [0.717, 1.165) is 18.5 Å². The van der Waals surface area contributed by atoms with Crippen LogP contribution in [0.5, 0.6) is 0 Å². The van der Waals surface area contributed by atoms with Gasteiger partial charge in [0, 0.05) is 18.6 Å². The second-order valence-corrected chi connectivity index (χ2v) is 6.75. The van der Waals surface area contributed by atoms with E-state index in [4.69, 9.17) is 5.73 Å². The van der Waals surface area contributed by atoms with Crippen LogP contribution in [-0.4, -0.2) is 24.0 Å². The van der Waals surface area contributed by atoms with Crippen LogP contribution in [0.3, 0.4) is 0 Å². The third kappa shape index (κ3) is 2.51. The number of fused-ring (bicyclic) bond motifs is 1. The standard InChI is InChI=1S/C18H28N2/c1-13-8-9-14(2)16(11-13)18(12-19)20-10-4-6-15-5-3-7-17(15)20/h8-9,11,15,17-18H,3-7,10,12,19H2,1-2H3. The maximum Gasteiger partial charge on any atom is 0.0476 e. The Morgan fingerprint density at radius 3 is 2.80 bits per heavy atom. The van der Waals surface area contributed by atoms with E-state index in [1.54, 1.807) is 0 Å². The molecule has 0 aromatic heterocycles. The fourth-order valence-corrected chi connectivity index (χ4v) is 4.44. The van der Waals surface area contributed by atoms with Crippen molar-refractivity contribution in [3.8, 4) is 0 Å². The molecule has 3 unspecified atom stereocenters. The largest absolute Gasteiger partial charge is 0.329 e. The van der Waals surface area contributed by atoms with Crippen molar-refractivity contribution in [1.82, 2.24) is 4.90 Å². The minimum absolute atomic E-state index is 0.417. The summed E-state index contributed by atoms with van der Waals surface area (Å²) in [5.41, 5.74) is 10.4. The van der Waals surface area contributed by atoms with E-state index < -0.39 is 0 Å². The normalized spacial score (nSPS) is 28.4. The van der Waals surface area contributed by atoms with Gasteiger partial charge in [-0.3, -0.25) is 4.90 Å². The van der Waals surface area contributed by atoms with Gasteiger partial charge in [0.15, 0.2) is 0 Å². The van der Waals surface area contributed by atoms with Crippen LogP contribution in [-0.2, 0) is 0 Å². The number of nitrogens with two attached hydrogens (primary N) is 1. The van der Waals surface area contributed by atoms with Gasteiger partial charge in [-0.15, -0.1) is 0 Å². The highest BCUT2D eigenvalue weighted by Gasteiger charge is 2.38. The number of piperidine rings is 1. The molecule has 2 aliphatic rings. The van der Waals surface area contributed by atoms with E-state index in [0.29, 0.717) is 6.04 Å². The van der Waals surface area contributed by atoms with Crippen LogP contribution in [0.4, 0.5) is 0 Å². The number of likely N-dealkylation sites (tertiary alicyclic amines) is 1. The van der Waals surface area contributed by atoms with Gasteiger partial charge in [0.1, 0.15) is 0 Å². The Balaban J connectivity index is 1.90. The lowest BCUT2D eigenvalue weighted by Gasteiger charge is -2.43. The lowest BCUT2D eigenvalue weighted by atomic mass is 9.88. The van der Waals surface area contributed by atoms with Crippen molar-refractivity contribution in [2.24, 2.45) is 11.7 Å². The van der Waals surface area contributed by atoms with Gasteiger partial charge in [-0.2, -0.15) is 0 Å². The van der Waals surface area contributed by atoms with Gasteiger partial charge in [0.05, 0.1) is 0 Å². The zero-order valence-electron chi connectivity index (χ0n) is 12.9. The molecule has 0 radical (unpaired) electrons. The molecule has 1 heterocycles. The van der Waals surface area contributed by atoms with Crippen LogP contribution in [0.25, 0.3) is 0 Å². The van der Waals surface area contributed by atoms with Gasteiger partial charge >= 0.3 is 0 Å². The van der Waals surface area contributed by atoms with Crippen molar-refractivity contribution in [2.75, 3.05) is 13.1 Å². The molecule has 2 heteroatoms. The molecule has 0 amide bonds. The van der Waals surface area contributed by atoms with Crippen LogP contribution < -0.4 is 5.73 Å². The summed E-state index contributed by atoms with van der Waals surface area (Å²) in [5, 5.41) is 0. The smallest absolute Gasteiger partial charge is 0.0476 e. The number of benzene rings is 1. The summed E-state index contributed by atoms with van der Waals surface area (Å²) in [6.07, 6.45) is 7.01. The minimum atomic E-state index is 0.417. The first-order valence-corrected chi connectivity index (χ1v) is 8.23. The Morgan fingerprint density at radius 1 is 1.20 bits per heavy atom. The first-order chi connectivity index (χ1) is 9.70. The highest BCUT2D eigenvalue weighted by molar-refractivity contribution is 5.33. The van der Waals surface area contributed by atoms with Crippen LogP contribution in [0, 0.1) is 19.8 Å². The van der Waals surface area contributed by atoms with Gasteiger partial charge in [-0.05, 0) is 63.1 Å². The van der Waals surface area contributed by atoms with E-state index in [1.165, 1.54) is 55.3 Å². The van der Waals surface area contributed by atoms with Crippen LogP contribution >= 0.6 is 0 Å². The van der Waals surface area contributed by atoms with Crippen LogP contribution in [0.1, 0.15) is 54.8 Å². The predicted molar refractivity (Wildman–Crippen MR) is 84.8 cm³/mol. The fraction of sp³-hybridized carbons (Fsp3) is 0.667. The van der Waals surface area contributed by atoms with Crippen molar-refractivity contribution in [3.63, 3.8) is 0 Å². The minimum Gasteiger partial charge on any atom is -0.329 e. The number of hydrogen-bond donors (Lipinski definition) is 1. The van der Waals surface area contributed by atoms with Gasteiger partial charge in [0.25, 0.3) is 0 Å². The summed E-state index contributed by atoms with van der Waals surface area (Å²) in [7, 11) is 0. The third-order valence-electron chi connectivity index (χ3n) is 5.45. The van der Waals surface area contributed by atoms with E-state index >= 15 is 0 Å². The quantitative estimate of drug-likeness (QED) is 0.911. The molecular weight excluding hydrogens is 244 g/mol. The molecule has 1 aliphatic heterocycles. The van der Waals surface area contributed by atoms with E-state index in [2.05, 4.69) is 36.9 Å². The number of nitrogens with zero attached hydrogens (tertiary/aromatic N) is 1. The molecule has 20 heavy (non-hydrogen) atoms. The van der Waals surface area contributed by atoms with Crippen molar-refractivity contribution in [3.05, 3.63) is 34.9 Å². The maximum absolute atomic E-state index is 6.20. The van der Waals surface area contributed by atoms with Gasteiger partial charge in [-0.25, -0.2) is 0 Å². The lowest BCUT2D eigenvalue weighted by Crippen LogP contribution is -2.47.